The van der Waals surface area contributed by atoms with Crippen LogP contribution in [0.15, 0.2) is 61.2 Å². The lowest BCUT2D eigenvalue weighted by molar-refractivity contribution is -0.218. The fourth-order valence-electron chi connectivity index (χ4n) is 3.86. The van der Waals surface area contributed by atoms with Crippen LogP contribution in [0.2, 0.25) is 10.0 Å². The van der Waals surface area contributed by atoms with Crippen LogP contribution < -0.4 is 4.74 Å². The Morgan fingerprint density at radius 3 is 2.71 bits per heavy atom. The van der Waals surface area contributed by atoms with Gasteiger partial charge in [0.15, 0.2) is 6.29 Å². The van der Waals surface area contributed by atoms with Gasteiger partial charge in [0.05, 0.1) is 25.6 Å². The van der Waals surface area contributed by atoms with Gasteiger partial charge in [0, 0.05) is 35.4 Å². The number of imidazole rings is 1. The normalized spacial score (nSPS) is 19.8. The van der Waals surface area contributed by atoms with Crippen LogP contribution in [0.4, 0.5) is 0 Å². The molecule has 0 spiro atoms. The SMILES string of the molecule is COc1ccc(C(Cc2ccc(Cl)cc2Cl)OC2CCCC(Cn3ccnc3)O2)cc1. The summed E-state index contributed by atoms with van der Waals surface area (Å²) < 4.78 is 20.2. The van der Waals surface area contributed by atoms with Crippen molar-refractivity contribution in [3.8, 4) is 5.75 Å². The third-order valence-corrected chi connectivity index (χ3v) is 6.09. The minimum absolute atomic E-state index is 0.101. The summed E-state index contributed by atoms with van der Waals surface area (Å²) in [7, 11) is 1.66. The van der Waals surface area contributed by atoms with Crippen LogP contribution in [0.3, 0.4) is 0 Å². The standard InChI is InChI=1S/C24H26Cl2N2O3/c1-29-20-9-6-17(7-10-20)23(13-18-5-8-19(25)14-22(18)26)31-24-4-2-3-21(30-24)15-28-12-11-27-16-28/h5-12,14,16,21,23-24H,2-4,13,15H2,1H3. The Kier molecular flexibility index (Phi) is 7.51. The van der Waals surface area contributed by atoms with E-state index in [9.17, 15) is 0 Å². The molecule has 164 valence electrons. The van der Waals surface area contributed by atoms with Crippen molar-refractivity contribution in [2.75, 3.05) is 7.11 Å². The number of aromatic nitrogens is 2. The van der Waals surface area contributed by atoms with E-state index in [0.29, 0.717) is 16.5 Å². The van der Waals surface area contributed by atoms with Gasteiger partial charge in [-0.1, -0.05) is 41.4 Å². The fraction of sp³-hybridized carbons (Fsp3) is 0.375. The molecule has 1 aliphatic heterocycles. The van der Waals surface area contributed by atoms with E-state index in [2.05, 4.69) is 4.98 Å². The minimum atomic E-state index is -0.277. The first kappa shape index (κ1) is 22.2. The lowest BCUT2D eigenvalue weighted by atomic mass is 10.0. The molecular formula is C24H26Cl2N2O3. The highest BCUT2D eigenvalue weighted by atomic mass is 35.5. The van der Waals surface area contributed by atoms with Gasteiger partial charge in [-0.15, -0.1) is 0 Å². The molecule has 5 nitrogen and oxygen atoms in total. The Morgan fingerprint density at radius 2 is 2.00 bits per heavy atom. The fourth-order valence-corrected chi connectivity index (χ4v) is 4.35. The van der Waals surface area contributed by atoms with Gasteiger partial charge in [-0.25, -0.2) is 4.98 Å². The first-order valence-corrected chi connectivity index (χ1v) is 11.2. The zero-order chi connectivity index (χ0) is 21.6. The largest absolute Gasteiger partial charge is 0.497 e. The highest BCUT2D eigenvalue weighted by molar-refractivity contribution is 6.35. The maximum atomic E-state index is 6.51. The summed E-state index contributed by atoms with van der Waals surface area (Å²) in [6, 6.07) is 13.5. The lowest BCUT2D eigenvalue weighted by Crippen LogP contribution is -2.33. The zero-order valence-corrected chi connectivity index (χ0v) is 18.9. The molecule has 7 heteroatoms. The number of ether oxygens (including phenoxy) is 3. The molecule has 31 heavy (non-hydrogen) atoms. The second-order valence-corrected chi connectivity index (χ2v) is 8.56. The number of hydrogen-bond acceptors (Lipinski definition) is 4. The van der Waals surface area contributed by atoms with Crippen LogP contribution in [0.25, 0.3) is 0 Å². The monoisotopic (exact) mass is 460 g/mol. The predicted octanol–water partition coefficient (Wildman–Crippen LogP) is 6.09. The number of hydrogen-bond donors (Lipinski definition) is 0. The number of methoxy groups -OCH3 is 1. The predicted molar refractivity (Wildman–Crippen MR) is 122 cm³/mol. The Labute approximate surface area is 192 Å². The Balaban J connectivity index is 1.50. The molecule has 1 fully saturated rings. The second-order valence-electron chi connectivity index (χ2n) is 7.72. The molecule has 2 heterocycles. The molecule has 1 saturated heterocycles. The smallest absolute Gasteiger partial charge is 0.158 e. The Bertz CT molecular complexity index is 963. The average Bonchev–Trinajstić information content (AvgIpc) is 3.28. The van der Waals surface area contributed by atoms with Crippen molar-refractivity contribution >= 4 is 23.2 Å². The third-order valence-electron chi connectivity index (χ3n) is 5.51. The summed E-state index contributed by atoms with van der Waals surface area (Å²) in [5, 5.41) is 1.26. The molecule has 0 bridgehead atoms. The summed E-state index contributed by atoms with van der Waals surface area (Å²) >= 11 is 12.5. The zero-order valence-electron chi connectivity index (χ0n) is 17.4. The van der Waals surface area contributed by atoms with Crippen LogP contribution in [-0.4, -0.2) is 29.1 Å². The van der Waals surface area contributed by atoms with E-state index in [1.54, 1.807) is 19.4 Å². The highest BCUT2D eigenvalue weighted by Crippen LogP contribution is 2.32. The molecular weight excluding hydrogens is 435 g/mol. The van der Waals surface area contributed by atoms with Crippen molar-refractivity contribution in [1.82, 2.24) is 9.55 Å². The van der Waals surface area contributed by atoms with Gasteiger partial charge in [-0.2, -0.15) is 0 Å². The van der Waals surface area contributed by atoms with Gasteiger partial charge in [0.1, 0.15) is 5.75 Å². The molecule has 0 aliphatic carbocycles. The van der Waals surface area contributed by atoms with E-state index in [1.165, 1.54) is 0 Å². The van der Waals surface area contributed by atoms with Crippen LogP contribution in [-0.2, 0) is 22.4 Å². The molecule has 1 aliphatic rings. The summed E-state index contributed by atoms with van der Waals surface area (Å²) in [6.45, 7) is 0.774. The van der Waals surface area contributed by atoms with Gasteiger partial charge in [0.25, 0.3) is 0 Å². The average molecular weight is 461 g/mol. The van der Waals surface area contributed by atoms with E-state index in [4.69, 9.17) is 37.4 Å². The lowest BCUT2D eigenvalue weighted by Gasteiger charge is -2.33. The molecule has 1 aromatic heterocycles. The second kappa shape index (κ2) is 10.5. The van der Waals surface area contributed by atoms with Gasteiger partial charge in [0.2, 0.25) is 0 Å². The van der Waals surface area contributed by atoms with E-state index in [1.807, 2.05) is 53.5 Å². The molecule has 0 radical (unpaired) electrons. The highest BCUT2D eigenvalue weighted by Gasteiger charge is 2.27. The number of nitrogens with zero attached hydrogens (tertiary/aromatic N) is 2. The van der Waals surface area contributed by atoms with E-state index < -0.39 is 0 Å². The van der Waals surface area contributed by atoms with E-state index in [-0.39, 0.29) is 18.5 Å². The van der Waals surface area contributed by atoms with Crippen LogP contribution in [0.5, 0.6) is 5.75 Å². The first-order valence-electron chi connectivity index (χ1n) is 10.5. The topological polar surface area (TPSA) is 45.5 Å². The molecule has 3 unspecified atom stereocenters. The number of rotatable bonds is 8. The van der Waals surface area contributed by atoms with Crippen molar-refractivity contribution in [2.45, 2.75) is 50.7 Å². The maximum Gasteiger partial charge on any atom is 0.158 e. The molecule has 3 aromatic rings. The summed E-state index contributed by atoms with van der Waals surface area (Å²) in [5.41, 5.74) is 2.03. The Hall–Kier alpha value is -2.05. The van der Waals surface area contributed by atoms with Crippen molar-refractivity contribution in [2.24, 2.45) is 0 Å². The molecule has 3 atom stereocenters. The van der Waals surface area contributed by atoms with Crippen molar-refractivity contribution < 1.29 is 14.2 Å². The van der Waals surface area contributed by atoms with Crippen molar-refractivity contribution in [1.29, 1.82) is 0 Å². The number of benzene rings is 2. The summed E-state index contributed by atoms with van der Waals surface area (Å²) in [6.07, 6.45) is 8.72. The number of halogens is 2. The molecule has 0 saturated carbocycles. The molecule has 0 N–H and O–H groups in total. The maximum absolute atomic E-state index is 6.51. The van der Waals surface area contributed by atoms with Crippen LogP contribution in [0, 0.1) is 0 Å². The molecule has 2 aromatic carbocycles. The summed E-state index contributed by atoms with van der Waals surface area (Å²) in [5.74, 6) is 0.807. The van der Waals surface area contributed by atoms with Gasteiger partial charge >= 0.3 is 0 Å². The molecule has 4 rings (SSSR count). The first-order chi connectivity index (χ1) is 15.1. The van der Waals surface area contributed by atoms with Gasteiger partial charge < -0.3 is 18.8 Å². The van der Waals surface area contributed by atoms with Gasteiger partial charge in [-0.05, 0) is 54.7 Å². The van der Waals surface area contributed by atoms with Gasteiger partial charge in [-0.3, -0.25) is 0 Å². The van der Waals surface area contributed by atoms with Crippen LogP contribution in [0.1, 0.15) is 36.5 Å². The minimum Gasteiger partial charge on any atom is -0.497 e. The Morgan fingerprint density at radius 1 is 1.16 bits per heavy atom. The summed E-state index contributed by atoms with van der Waals surface area (Å²) in [4.78, 5) is 4.11. The van der Waals surface area contributed by atoms with Crippen molar-refractivity contribution in [3.05, 3.63) is 82.4 Å². The quantitative estimate of drug-likeness (QED) is 0.407. The van der Waals surface area contributed by atoms with E-state index in [0.717, 1.165) is 42.7 Å². The van der Waals surface area contributed by atoms with Crippen molar-refractivity contribution in [3.63, 3.8) is 0 Å². The van der Waals surface area contributed by atoms with E-state index >= 15 is 0 Å². The van der Waals surface area contributed by atoms with Crippen LogP contribution >= 0.6 is 23.2 Å². The molecule has 0 amide bonds. The third kappa shape index (κ3) is 6.01.